The molecule has 4 heteroatoms. The summed E-state index contributed by atoms with van der Waals surface area (Å²) in [7, 11) is 0. The summed E-state index contributed by atoms with van der Waals surface area (Å²) < 4.78 is 0. The van der Waals surface area contributed by atoms with E-state index in [1.165, 1.54) is 0 Å². The molecule has 30 heavy (non-hydrogen) atoms. The maximum absolute atomic E-state index is 12.7. The Bertz CT molecular complexity index is 1210. The summed E-state index contributed by atoms with van der Waals surface area (Å²) in [6.45, 7) is 1.84. The number of para-hydroxylation sites is 1. The first kappa shape index (κ1) is 19.4. The van der Waals surface area contributed by atoms with Crippen LogP contribution in [0.2, 0.25) is 0 Å². The molecule has 0 fully saturated rings. The monoisotopic (exact) mass is 394 g/mol. The molecule has 4 nitrogen and oxygen atoms in total. The Kier molecular flexibility index (Phi) is 5.57. The number of fused-ring (bicyclic) bond motifs is 1. The quantitative estimate of drug-likeness (QED) is 0.464. The van der Waals surface area contributed by atoms with Gasteiger partial charge in [-0.3, -0.25) is 9.59 Å². The van der Waals surface area contributed by atoms with Gasteiger partial charge in [0.15, 0.2) is 0 Å². The van der Waals surface area contributed by atoms with Gasteiger partial charge >= 0.3 is 0 Å². The predicted octanol–water partition coefficient (Wildman–Crippen LogP) is 5.58. The van der Waals surface area contributed by atoms with Gasteiger partial charge in [-0.2, -0.15) is 0 Å². The summed E-state index contributed by atoms with van der Waals surface area (Å²) in [6, 6.07) is 28.7. The van der Waals surface area contributed by atoms with Crippen LogP contribution in [0.15, 0.2) is 91.0 Å². The molecule has 0 unspecified atom stereocenters. The van der Waals surface area contributed by atoms with Crippen LogP contribution in [0.1, 0.15) is 21.5 Å². The molecule has 0 bridgehead atoms. The Morgan fingerprint density at radius 1 is 0.733 bits per heavy atom. The SMILES string of the molecule is Cc1c(NC(=O)Cc2cccc3ccccc23)cccc1C(=O)Nc1ccccc1. The molecular weight excluding hydrogens is 372 g/mol. The van der Waals surface area contributed by atoms with Gasteiger partial charge in [-0.25, -0.2) is 0 Å². The molecule has 0 aromatic heterocycles. The lowest BCUT2D eigenvalue weighted by Gasteiger charge is -2.13. The third-order valence-electron chi connectivity index (χ3n) is 5.12. The van der Waals surface area contributed by atoms with Gasteiger partial charge in [0.1, 0.15) is 0 Å². The summed E-state index contributed by atoms with van der Waals surface area (Å²) in [4.78, 5) is 25.4. The van der Waals surface area contributed by atoms with Crippen molar-refractivity contribution in [2.45, 2.75) is 13.3 Å². The van der Waals surface area contributed by atoms with Gasteiger partial charge < -0.3 is 10.6 Å². The van der Waals surface area contributed by atoms with Crippen LogP contribution in [-0.4, -0.2) is 11.8 Å². The van der Waals surface area contributed by atoms with E-state index in [0.29, 0.717) is 11.3 Å². The second-order valence-corrected chi connectivity index (χ2v) is 7.16. The number of carbonyl (C=O) groups excluding carboxylic acids is 2. The smallest absolute Gasteiger partial charge is 0.256 e. The zero-order chi connectivity index (χ0) is 20.9. The first-order valence-electron chi connectivity index (χ1n) is 9.84. The number of nitrogens with one attached hydrogen (secondary N) is 2. The molecule has 4 aromatic rings. The van der Waals surface area contributed by atoms with Crippen molar-refractivity contribution >= 4 is 34.0 Å². The Morgan fingerprint density at radius 3 is 2.27 bits per heavy atom. The third-order valence-corrected chi connectivity index (χ3v) is 5.12. The first-order valence-corrected chi connectivity index (χ1v) is 9.84. The number of anilines is 2. The second-order valence-electron chi connectivity index (χ2n) is 7.16. The number of hydrogen-bond donors (Lipinski definition) is 2. The number of benzene rings is 4. The number of rotatable bonds is 5. The summed E-state index contributed by atoms with van der Waals surface area (Å²) >= 11 is 0. The molecule has 0 aliphatic rings. The molecule has 0 spiro atoms. The van der Waals surface area contributed by atoms with E-state index in [0.717, 1.165) is 27.6 Å². The number of hydrogen-bond acceptors (Lipinski definition) is 2. The number of carbonyl (C=O) groups is 2. The van der Waals surface area contributed by atoms with Crippen molar-refractivity contribution in [2.24, 2.45) is 0 Å². The maximum Gasteiger partial charge on any atom is 0.256 e. The van der Waals surface area contributed by atoms with Crippen molar-refractivity contribution in [3.8, 4) is 0 Å². The van der Waals surface area contributed by atoms with Crippen molar-refractivity contribution in [1.29, 1.82) is 0 Å². The van der Waals surface area contributed by atoms with Crippen LogP contribution < -0.4 is 10.6 Å². The highest BCUT2D eigenvalue weighted by Crippen LogP contribution is 2.22. The standard InChI is InChI=1S/C26H22N2O2/c1-18-22(26(30)27-21-12-3-2-4-13-21)15-8-16-24(18)28-25(29)17-20-11-7-10-19-9-5-6-14-23(19)20/h2-16H,17H2,1H3,(H,27,30)(H,28,29). The van der Waals surface area contributed by atoms with Crippen LogP contribution in [0, 0.1) is 6.92 Å². The average molecular weight is 394 g/mol. The molecule has 0 heterocycles. The van der Waals surface area contributed by atoms with Gasteiger partial charge in [-0.05, 0) is 53.1 Å². The molecule has 0 atom stereocenters. The lowest BCUT2D eigenvalue weighted by molar-refractivity contribution is -0.115. The van der Waals surface area contributed by atoms with E-state index in [4.69, 9.17) is 0 Å². The average Bonchev–Trinajstić information content (AvgIpc) is 2.76. The van der Waals surface area contributed by atoms with E-state index in [9.17, 15) is 9.59 Å². The number of amides is 2. The van der Waals surface area contributed by atoms with E-state index < -0.39 is 0 Å². The van der Waals surface area contributed by atoms with Crippen LogP contribution >= 0.6 is 0 Å². The molecule has 148 valence electrons. The van der Waals surface area contributed by atoms with E-state index in [2.05, 4.69) is 10.6 Å². The molecule has 4 rings (SSSR count). The Balaban J connectivity index is 1.51. The van der Waals surface area contributed by atoms with Gasteiger partial charge in [0.2, 0.25) is 5.91 Å². The third kappa shape index (κ3) is 4.23. The highest BCUT2D eigenvalue weighted by Gasteiger charge is 2.14. The fraction of sp³-hybridized carbons (Fsp3) is 0.0769. The molecular formula is C26H22N2O2. The van der Waals surface area contributed by atoms with Crippen molar-refractivity contribution in [1.82, 2.24) is 0 Å². The predicted molar refractivity (Wildman–Crippen MR) is 122 cm³/mol. The van der Waals surface area contributed by atoms with E-state index in [1.807, 2.05) is 85.8 Å². The summed E-state index contributed by atoms with van der Waals surface area (Å²) in [5.74, 6) is -0.320. The molecule has 0 radical (unpaired) electrons. The highest BCUT2D eigenvalue weighted by atomic mass is 16.2. The highest BCUT2D eigenvalue weighted by molar-refractivity contribution is 6.07. The van der Waals surface area contributed by atoms with E-state index >= 15 is 0 Å². The zero-order valence-electron chi connectivity index (χ0n) is 16.7. The molecule has 4 aromatic carbocycles. The minimum atomic E-state index is -0.205. The molecule has 0 aliphatic carbocycles. The summed E-state index contributed by atoms with van der Waals surface area (Å²) in [6.07, 6.45) is 0.265. The van der Waals surface area contributed by atoms with Crippen LogP contribution in [0.5, 0.6) is 0 Å². The Hall–Kier alpha value is -3.92. The van der Waals surface area contributed by atoms with E-state index in [1.54, 1.807) is 12.1 Å². The fourth-order valence-corrected chi connectivity index (χ4v) is 3.55. The van der Waals surface area contributed by atoms with Crippen molar-refractivity contribution < 1.29 is 9.59 Å². The lowest BCUT2D eigenvalue weighted by Crippen LogP contribution is -2.18. The van der Waals surface area contributed by atoms with Gasteiger partial charge in [-0.1, -0.05) is 66.7 Å². The first-order chi connectivity index (χ1) is 14.6. The van der Waals surface area contributed by atoms with Crippen LogP contribution in [0.3, 0.4) is 0 Å². The van der Waals surface area contributed by atoms with Gasteiger partial charge in [0.25, 0.3) is 5.91 Å². The normalized spacial score (nSPS) is 10.6. The van der Waals surface area contributed by atoms with Gasteiger partial charge in [0, 0.05) is 16.9 Å². The summed E-state index contributed by atoms with van der Waals surface area (Å²) in [5.41, 5.74) is 3.61. The van der Waals surface area contributed by atoms with Gasteiger partial charge in [-0.15, -0.1) is 0 Å². The molecule has 2 N–H and O–H groups in total. The van der Waals surface area contributed by atoms with Crippen molar-refractivity contribution in [3.05, 3.63) is 108 Å². The van der Waals surface area contributed by atoms with Crippen LogP contribution in [-0.2, 0) is 11.2 Å². The van der Waals surface area contributed by atoms with E-state index in [-0.39, 0.29) is 18.2 Å². The van der Waals surface area contributed by atoms with Crippen LogP contribution in [0.25, 0.3) is 10.8 Å². The lowest BCUT2D eigenvalue weighted by atomic mass is 10.0. The Morgan fingerprint density at radius 2 is 1.43 bits per heavy atom. The molecule has 0 aliphatic heterocycles. The van der Waals surface area contributed by atoms with Gasteiger partial charge in [0.05, 0.1) is 6.42 Å². The fourth-order valence-electron chi connectivity index (χ4n) is 3.55. The summed E-state index contributed by atoms with van der Waals surface area (Å²) in [5, 5.41) is 8.03. The molecule has 0 saturated carbocycles. The largest absolute Gasteiger partial charge is 0.326 e. The zero-order valence-corrected chi connectivity index (χ0v) is 16.7. The van der Waals surface area contributed by atoms with Crippen molar-refractivity contribution in [3.63, 3.8) is 0 Å². The molecule has 0 saturated heterocycles. The second kappa shape index (κ2) is 8.62. The Labute approximate surface area is 175 Å². The molecule has 2 amide bonds. The minimum absolute atomic E-state index is 0.116. The van der Waals surface area contributed by atoms with Crippen LogP contribution in [0.4, 0.5) is 11.4 Å². The van der Waals surface area contributed by atoms with Crippen molar-refractivity contribution in [2.75, 3.05) is 10.6 Å². The topological polar surface area (TPSA) is 58.2 Å². The maximum atomic E-state index is 12.7. The minimum Gasteiger partial charge on any atom is -0.326 e.